The van der Waals surface area contributed by atoms with Gasteiger partial charge in [-0.3, -0.25) is 37.3 Å². The molecule has 17 nitrogen and oxygen atoms in total. The van der Waals surface area contributed by atoms with Gasteiger partial charge in [-0.05, 0) is 69.1 Å². The van der Waals surface area contributed by atoms with Crippen LogP contribution >= 0.6 is 15.6 Å². The quantitative estimate of drug-likeness (QED) is 0.0169. The van der Waals surface area contributed by atoms with Gasteiger partial charge in [0.2, 0.25) is 0 Å². The molecule has 0 aliphatic heterocycles. The SMILES string of the molecule is CCCCCC/C=C\C=C/CCCCCCCC(=O)O[C@H](COC(=O)CCCCCCCCC(C)C)COP(=O)(O)OC[C@H](O)COP(=O)(O)OC[C@@H](COC(=O)CCCCCCCCCCCCCCCCCCC(C)C)OC(=O)CCCCCCCCCCCC(C)C. The fourth-order valence-corrected chi connectivity index (χ4v) is 12.6. The predicted octanol–water partition coefficient (Wildman–Crippen LogP) is 21.7. The summed E-state index contributed by atoms with van der Waals surface area (Å²) in [4.78, 5) is 72.7. The molecule has 0 aliphatic rings. The van der Waals surface area contributed by atoms with Crippen LogP contribution in [0, 0.1) is 17.8 Å². The van der Waals surface area contributed by atoms with E-state index < -0.39 is 97.5 Å². The van der Waals surface area contributed by atoms with Gasteiger partial charge in [-0.15, -0.1) is 0 Å². The zero-order valence-corrected chi connectivity index (χ0v) is 63.4. The van der Waals surface area contributed by atoms with Gasteiger partial charge in [-0.2, -0.15) is 0 Å². The first-order valence-electron chi connectivity index (χ1n) is 38.7. The minimum absolute atomic E-state index is 0.0837. The molecule has 0 radical (unpaired) electrons. The minimum Gasteiger partial charge on any atom is -0.462 e. The average molecular weight is 1390 g/mol. The number of allylic oxidation sites excluding steroid dienone is 4. The molecular formula is C76H144O17P2. The van der Waals surface area contributed by atoms with Crippen LogP contribution in [0.25, 0.3) is 0 Å². The van der Waals surface area contributed by atoms with Crippen molar-refractivity contribution in [2.45, 2.75) is 381 Å². The molecular weight excluding hydrogens is 1250 g/mol. The van der Waals surface area contributed by atoms with E-state index in [9.17, 15) is 43.2 Å². The Morgan fingerprint density at radius 2 is 0.568 bits per heavy atom. The number of phosphoric acid groups is 2. The number of carbonyl (C=O) groups is 4. The van der Waals surface area contributed by atoms with Crippen molar-refractivity contribution in [3.63, 3.8) is 0 Å². The van der Waals surface area contributed by atoms with Gasteiger partial charge in [-0.25, -0.2) is 9.13 Å². The van der Waals surface area contributed by atoms with Crippen LogP contribution in [0.5, 0.6) is 0 Å². The molecule has 95 heavy (non-hydrogen) atoms. The standard InChI is InChI=1S/C76H144O17P2/c1-8-9-10-11-12-13-14-15-18-23-26-31-36-45-52-59-75(80)93-72(64-87-74(79)58-51-44-39-38-42-49-56-69(6)7)66-91-95(84,85)89-62-70(77)61-88-94(82,83)90-65-71(92-76(81)60-53-46-37-32-27-29-34-41-48-55-68(4)5)63-86-73(78)57-50-43-35-30-25-22-20-17-16-19-21-24-28-33-40-47-54-67(2)3/h13-15,18,67-72,77H,8-12,16-17,19-66H2,1-7H3,(H,82,83)(H,84,85)/b14-13-,18-15-/t70-,71-,72-/m1/s1. The van der Waals surface area contributed by atoms with Crippen molar-refractivity contribution in [1.29, 1.82) is 0 Å². The van der Waals surface area contributed by atoms with Crippen LogP contribution < -0.4 is 0 Å². The molecule has 0 saturated carbocycles. The minimum atomic E-state index is -4.96. The molecule has 0 heterocycles. The number of phosphoric ester groups is 2. The van der Waals surface area contributed by atoms with E-state index in [0.717, 1.165) is 121 Å². The second kappa shape index (κ2) is 66.1. The van der Waals surface area contributed by atoms with Crippen molar-refractivity contribution in [1.82, 2.24) is 0 Å². The molecule has 3 N–H and O–H groups in total. The van der Waals surface area contributed by atoms with Crippen LogP contribution in [0.3, 0.4) is 0 Å². The highest BCUT2D eigenvalue weighted by Gasteiger charge is 2.30. The Morgan fingerprint density at radius 3 is 0.853 bits per heavy atom. The molecule has 5 atom stereocenters. The summed E-state index contributed by atoms with van der Waals surface area (Å²) in [5.41, 5.74) is 0. The maximum atomic E-state index is 13.1. The molecule has 0 rings (SSSR count). The maximum absolute atomic E-state index is 13.1. The number of carbonyl (C=O) groups excluding carboxylic acids is 4. The summed E-state index contributed by atoms with van der Waals surface area (Å²) in [6.45, 7) is 11.7. The lowest BCUT2D eigenvalue weighted by Crippen LogP contribution is -2.30. The summed E-state index contributed by atoms with van der Waals surface area (Å²) in [5, 5.41) is 10.6. The molecule has 0 spiro atoms. The van der Waals surface area contributed by atoms with Gasteiger partial charge >= 0.3 is 39.5 Å². The number of ether oxygens (including phenoxy) is 4. The average Bonchev–Trinajstić information content (AvgIpc) is 1.91. The van der Waals surface area contributed by atoms with Gasteiger partial charge in [0.05, 0.1) is 26.4 Å². The van der Waals surface area contributed by atoms with Gasteiger partial charge in [0, 0.05) is 25.7 Å². The predicted molar refractivity (Wildman–Crippen MR) is 386 cm³/mol. The van der Waals surface area contributed by atoms with Gasteiger partial charge in [0.25, 0.3) is 0 Å². The zero-order chi connectivity index (χ0) is 70.1. The van der Waals surface area contributed by atoms with E-state index in [4.69, 9.17) is 37.0 Å². The van der Waals surface area contributed by atoms with E-state index in [1.165, 1.54) is 154 Å². The summed E-state index contributed by atoms with van der Waals surface area (Å²) < 4.78 is 68.4. The Labute approximate surface area is 580 Å². The first kappa shape index (κ1) is 92.5. The van der Waals surface area contributed by atoms with Gasteiger partial charge in [-0.1, -0.05) is 310 Å². The van der Waals surface area contributed by atoms with Crippen molar-refractivity contribution in [2.75, 3.05) is 39.6 Å². The number of hydrogen-bond acceptors (Lipinski definition) is 15. The number of aliphatic hydroxyl groups is 1. The highest BCUT2D eigenvalue weighted by molar-refractivity contribution is 7.47. The molecule has 560 valence electrons. The Balaban J connectivity index is 5.23. The summed E-state index contributed by atoms with van der Waals surface area (Å²) >= 11 is 0. The summed E-state index contributed by atoms with van der Waals surface area (Å²) in [6, 6.07) is 0. The number of aliphatic hydroxyl groups excluding tert-OH is 1. The van der Waals surface area contributed by atoms with Crippen LogP contribution in [0.4, 0.5) is 0 Å². The number of unbranched alkanes of at least 4 members (excludes halogenated alkanes) is 37. The Morgan fingerprint density at radius 1 is 0.326 bits per heavy atom. The molecule has 19 heteroatoms. The molecule has 0 fully saturated rings. The second-order valence-electron chi connectivity index (χ2n) is 28.1. The first-order chi connectivity index (χ1) is 45.7. The summed E-state index contributed by atoms with van der Waals surface area (Å²) in [5.74, 6) is 0.0701. The third-order valence-corrected chi connectivity index (χ3v) is 18.9. The monoisotopic (exact) mass is 1390 g/mol. The lowest BCUT2D eigenvalue weighted by atomic mass is 10.0. The molecule has 0 bridgehead atoms. The van der Waals surface area contributed by atoms with Crippen molar-refractivity contribution in [3.8, 4) is 0 Å². The van der Waals surface area contributed by atoms with Crippen molar-refractivity contribution < 1.29 is 80.2 Å². The Hall–Kier alpha value is -2.46. The number of esters is 4. The lowest BCUT2D eigenvalue weighted by Gasteiger charge is -2.21. The van der Waals surface area contributed by atoms with Crippen LogP contribution in [0.1, 0.15) is 363 Å². The second-order valence-corrected chi connectivity index (χ2v) is 31.0. The van der Waals surface area contributed by atoms with E-state index in [-0.39, 0.29) is 25.7 Å². The van der Waals surface area contributed by atoms with E-state index in [0.29, 0.717) is 31.6 Å². The van der Waals surface area contributed by atoms with E-state index in [1.54, 1.807) is 0 Å². The van der Waals surface area contributed by atoms with Gasteiger partial charge < -0.3 is 33.8 Å². The fourth-order valence-electron chi connectivity index (χ4n) is 11.1. The molecule has 2 unspecified atom stereocenters. The number of hydrogen-bond donors (Lipinski definition) is 3. The molecule has 0 aromatic carbocycles. The summed E-state index contributed by atoms with van der Waals surface area (Å²) in [6.07, 6.45) is 55.2. The topological polar surface area (TPSA) is 237 Å². The van der Waals surface area contributed by atoms with Crippen LogP contribution in [0.15, 0.2) is 24.3 Å². The van der Waals surface area contributed by atoms with E-state index >= 15 is 0 Å². The maximum Gasteiger partial charge on any atom is 0.472 e. The lowest BCUT2D eigenvalue weighted by molar-refractivity contribution is -0.161. The van der Waals surface area contributed by atoms with Gasteiger partial charge in [0.1, 0.15) is 19.3 Å². The van der Waals surface area contributed by atoms with E-state index in [2.05, 4.69) is 72.8 Å². The van der Waals surface area contributed by atoms with Crippen molar-refractivity contribution in [2.24, 2.45) is 17.8 Å². The zero-order valence-electron chi connectivity index (χ0n) is 61.6. The van der Waals surface area contributed by atoms with Crippen LogP contribution in [-0.4, -0.2) is 96.7 Å². The largest absolute Gasteiger partial charge is 0.472 e. The molecule has 0 aliphatic carbocycles. The highest BCUT2D eigenvalue weighted by Crippen LogP contribution is 2.45. The molecule has 0 aromatic heterocycles. The Kier molecular flexibility index (Phi) is 64.4. The molecule has 0 aromatic rings. The third-order valence-electron chi connectivity index (χ3n) is 17.0. The van der Waals surface area contributed by atoms with Crippen LogP contribution in [0.2, 0.25) is 0 Å². The first-order valence-corrected chi connectivity index (χ1v) is 41.7. The Bertz CT molecular complexity index is 1950. The smallest absolute Gasteiger partial charge is 0.462 e. The molecule has 0 amide bonds. The normalized spacial score (nSPS) is 14.2. The number of rotatable bonds is 72. The fraction of sp³-hybridized carbons (Fsp3) is 0.895. The summed E-state index contributed by atoms with van der Waals surface area (Å²) in [7, 11) is -9.92. The van der Waals surface area contributed by atoms with Gasteiger partial charge in [0.15, 0.2) is 12.2 Å². The van der Waals surface area contributed by atoms with Crippen molar-refractivity contribution in [3.05, 3.63) is 24.3 Å². The van der Waals surface area contributed by atoms with Crippen molar-refractivity contribution >= 4 is 39.5 Å². The molecule has 0 saturated heterocycles. The highest BCUT2D eigenvalue weighted by atomic mass is 31.2. The van der Waals surface area contributed by atoms with E-state index in [1.807, 2.05) is 0 Å². The van der Waals surface area contributed by atoms with Crippen LogP contribution in [-0.2, 0) is 65.4 Å². The third kappa shape index (κ3) is 69.8.